The van der Waals surface area contributed by atoms with Crippen molar-refractivity contribution in [3.63, 3.8) is 0 Å². The van der Waals surface area contributed by atoms with Crippen LogP contribution >= 0.6 is 24.0 Å². The molecule has 0 spiro atoms. The van der Waals surface area contributed by atoms with E-state index in [1.807, 2.05) is 30.1 Å². The predicted molar refractivity (Wildman–Crippen MR) is 143 cm³/mol. The van der Waals surface area contributed by atoms with Crippen LogP contribution in [0.15, 0.2) is 35.6 Å². The smallest absolute Gasteiger partial charge is 0.194 e. The molecule has 2 aliphatic rings. The number of ether oxygens (including phenoxy) is 2. The second kappa shape index (κ2) is 12.5. The SMILES string of the molecule is CCNC(=NCc1cccc(OC)c1OC1CCCC1)N1CCC(Cc2cnn(C)c2)C1.I. The number of hydrogen-bond acceptors (Lipinski definition) is 4. The van der Waals surface area contributed by atoms with Gasteiger partial charge in [0.1, 0.15) is 0 Å². The Labute approximate surface area is 214 Å². The summed E-state index contributed by atoms with van der Waals surface area (Å²) >= 11 is 0. The van der Waals surface area contributed by atoms with Crippen molar-refractivity contribution >= 4 is 29.9 Å². The second-order valence-corrected chi connectivity index (χ2v) is 8.97. The number of halogens is 1. The minimum absolute atomic E-state index is 0. The van der Waals surface area contributed by atoms with Crippen LogP contribution in [0, 0.1) is 5.92 Å². The first-order chi connectivity index (χ1) is 15.7. The highest BCUT2D eigenvalue weighted by Gasteiger charge is 2.26. The zero-order valence-electron chi connectivity index (χ0n) is 20.1. The highest BCUT2D eigenvalue weighted by atomic mass is 127. The van der Waals surface area contributed by atoms with Crippen molar-refractivity contribution < 1.29 is 9.47 Å². The first-order valence-corrected chi connectivity index (χ1v) is 12.0. The zero-order valence-corrected chi connectivity index (χ0v) is 22.5. The molecule has 1 N–H and O–H groups in total. The molecule has 1 atom stereocenters. The van der Waals surface area contributed by atoms with E-state index in [0.717, 1.165) is 61.9 Å². The van der Waals surface area contributed by atoms with Crippen LogP contribution in [0.4, 0.5) is 0 Å². The summed E-state index contributed by atoms with van der Waals surface area (Å²) in [5.41, 5.74) is 2.39. The van der Waals surface area contributed by atoms with Gasteiger partial charge in [-0.3, -0.25) is 4.68 Å². The first kappa shape index (κ1) is 25.6. The fraction of sp³-hybridized carbons (Fsp3) is 0.600. The van der Waals surface area contributed by atoms with E-state index in [-0.39, 0.29) is 30.1 Å². The number of aliphatic imine (C=N–C) groups is 1. The summed E-state index contributed by atoms with van der Waals surface area (Å²) < 4.78 is 13.9. The van der Waals surface area contributed by atoms with Crippen LogP contribution in [-0.4, -0.2) is 53.5 Å². The Morgan fingerprint density at radius 1 is 1.24 bits per heavy atom. The predicted octanol–water partition coefficient (Wildman–Crippen LogP) is 4.40. The topological polar surface area (TPSA) is 63.9 Å². The van der Waals surface area contributed by atoms with Crippen molar-refractivity contribution in [2.24, 2.45) is 18.0 Å². The molecule has 7 nitrogen and oxygen atoms in total. The standard InChI is InChI=1S/C25H37N5O2.HI/c1-4-26-25(30-13-12-19(18-30)14-20-15-28-29(2)17-20)27-16-21-8-7-11-23(31-3)24(21)32-22-9-5-6-10-22;/h7-8,11,15,17,19,22H,4-6,9-10,12-14,16,18H2,1-3H3,(H,26,27);1H. The molecule has 182 valence electrons. The van der Waals surface area contributed by atoms with Crippen molar-refractivity contribution in [1.82, 2.24) is 20.0 Å². The number of benzene rings is 1. The van der Waals surface area contributed by atoms with E-state index in [1.54, 1.807) is 7.11 Å². The van der Waals surface area contributed by atoms with E-state index in [4.69, 9.17) is 14.5 Å². The molecule has 2 heterocycles. The molecule has 1 aromatic heterocycles. The van der Waals surface area contributed by atoms with Gasteiger partial charge >= 0.3 is 0 Å². The fourth-order valence-electron chi connectivity index (χ4n) is 4.84. The van der Waals surface area contributed by atoms with Crippen molar-refractivity contribution in [1.29, 1.82) is 0 Å². The lowest BCUT2D eigenvalue weighted by Gasteiger charge is -2.22. The molecule has 0 radical (unpaired) electrons. The Kier molecular flexibility index (Phi) is 9.70. The summed E-state index contributed by atoms with van der Waals surface area (Å²) in [6.07, 6.45) is 11.4. The van der Waals surface area contributed by atoms with Gasteiger partial charge in [0.2, 0.25) is 0 Å². The number of para-hydroxylation sites is 1. The number of rotatable bonds is 8. The number of guanidine groups is 1. The van der Waals surface area contributed by atoms with E-state index >= 15 is 0 Å². The Morgan fingerprint density at radius 2 is 2.06 bits per heavy atom. The third-order valence-corrected chi connectivity index (χ3v) is 6.47. The third kappa shape index (κ3) is 6.77. The van der Waals surface area contributed by atoms with Crippen LogP contribution in [0.3, 0.4) is 0 Å². The molecule has 1 aliphatic heterocycles. The quantitative estimate of drug-likeness (QED) is 0.291. The molecule has 0 amide bonds. The van der Waals surface area contributed by atoms with Crippen molar-refractivity contribution in [3.8, 4) is 11.5 Å². The molecule has 1 saturated heterocycles. The lowest BCUT2D eigenvalue weighted by atomic mass is 10.0. The molecule has 1 aliphatic carbocycles. The van der Waals surface area contributed by atoms with Gasteiger partial charge < -0.3 is 19.7 Å². The van der Waals surface area contributed by atoms with Gasteiger partial charge in [0.25, 0.3) is 0 Å². The summed E-state index contributed by atoms with van der Waals surface area (Å²) in [6.45, 7) is 5.60. The molecular weight excluding hydrogens is 529 g/mol. The van der Waals surface area contributed by atoms with Gasteiger partial charge in [0.15, 0.2) is 17.5 Å². The molecule has 33 heavy (non-hydrogen) atoms. The van der Waals surface area contributed by atoms with Crippen molar-refractivity contribution in [2.45, 2.75) is 58.1 Å². The molecule has 1 aromatic carbocycles. The molecular formula is C25H38IN5O2. The van der Waals surface area contributed by atoms with Gasteiger partial charge in [-0.2, -0.15) is 5.10 Å². The Morgan fingerprint density at radius 3 is 2.76 bits per heavy atom. The Hall–Kier alpha value is -1.97. The van der Waals surface area contributed by atoms with Crippen molar-refractivity contribution in [2.75, 3.05) is 26.7 Å². The van der Waals surface area contributed by atoms with Crippen molar-refractivity contribution in [3.05, 3.63) is 41.7 Å². The van der Waals surface area contributed by atoms with Gasteiger partial charge in [-0.1, -0.05) is 12.1 Å². The summed E-state index contributed by atoms with van der Waals surface area (Å²) in [7, 11) is 3.68. The van der Waals surface area contributed by atoms with Crippen LogP contribution in [-0.2, 0) is 20.0 Å². The van der Waals surface area contributed by atoms with E-state index in [0.29, 0.717) is 12.5 Å². The average molecular weight is 568 g/mol. The molecule has 0 bridgehead atoms. The average Bonchev–Trinajstić information content (AvgIpc) is 3.55. The first-order valence-electron chi connectivity index (χ1n) is 12.0. The molecule has 2 fully saturated rings. The van der Waals surface area contributed by atoms with Crippen LogP contribution < -0.4 is 14.8 Å². The molecule has 1 saturated carbocycles. The van der Waals surface area contributed by atoms with Crippen LogP contribution in [0.5, 0.6) is 11.5 Å². The Bertz CT molecular complexity index is 910. The largest absolute Gasteiger partial charge is 0.493 e. The van der Waals surface area contributed by atoms with E-state index in [9.17, 15) is 0 Å². The monoisotopic (exact) mass is 567 g/mol. The van der Waals surface area contributed by atoms with Gasteiger partial charge in [-0.25, -0.2) is 4.99 Å². The maximum atomic E-state index is 6.40. The lowest BCUT2D eigenvalue weighted by molar-refractivity contribution is 0.198. The van der Waals surface area contributed by atoms with Crippen LogP contribution in [0.2, 0.25) is 0 Å². The second-order valence-electron chi connectivity index (χ2n) is 8.97. The minimum Gasteiger partial charge on any atom is -0.493 e. The van der Waals surface area contributed by atoms with E-state index in [2.05, 4.69) is 34.5 Å². The highest BCUT2D eigenvalue weighted by Crippen LogP contribution is 2.35. The van der Waals surface area contributed by atoms with Gasteiger partial charge in [-0.15, -0.1) is 24.0 Å². The Balaban J connectivity index is 0.00000306. The third-order valence-electron chi connectivity index (χ3n) is 6.47. The molecule has 8 heteroatoms. The summed E-state index contributed by atoms with van der Waals surface area (Å²) in [6, 6.07) is 6.11. The van der Waals surface area contributed by atoms with Crippen LogP contribution in [0.1, 0.15) is 50.2 Å². The normalized spacial score (nSPS) is 18.9. The highest BCUT2D eigenvalue weighted by molar-refractivity contribution is 14.0. The van der Waals surface area contributed by atoms with Gasteiger partial charge in [0.05, 0.1) is 26.0 Å². The maximum absolute atomic E-state index is 6.40. The molecule has 1 unspecified atom stereocenters. The number of nitrogens with zero attached hydrogens (tertiary/aromatic N) is 4. The number of likely N-dealkylation sites (tertiary alicyclic amines) is 1. The van der Waals surface area contributed by atoms with Gasteiger partial charge in [0, 0.05) is 38.4 Å². The van der Waals surface area contributed by atoms with Crippen LogP contribution in [0.25, 0.3) is 0 Å². The lowest BCUT2D eigenvalue weighted by Crippen LogP contribution is -2.40. The van der Waals surface area contributed by atoms with E-state index < -0.39 is 0 Å². The van der Waals surface area contributed by atoms with Gasteiger partial charge in [-0.05, 0) is 63.0 Å². The molecule has 2 aromatic rings. The number of methoxy groups -OCH3 is 1. The summed E-state index contributed by atoms with van der Waals surface area (Å²) in [5.74, 6) is 3.27. The number of aromatic nitrogens is 2. The summed E-state index contributed by atoms with van der Waals surface area (Å²) in [4.78, 5) is 7.39. The number of hydrogen-bond donors (Lipinski definition) is 1. The molecule has 4 rings (SSSR count). The van der Waals surface area contributed by atoms with E-state index in [1.165, 1.54) is 24.8 Å². The fourth-order valence-corrected chi connectivity index (χ4v) is 4.84. The maximum Gasteiger partial charge on any atom is 0.194 e. The number of nitrogens with one attached hydrogen (secondary N) is 1. The minimum atomic E-state index is 0. The number of aryl methyl sites for hydroxylation is 1. The zero-order chi connectivity index (χ0) is 22.3. The summed E-state index contributed by atoms with van der Waals surface area (Å²) in [5, 5.41) is 7.80.